The van der Waals surface area contributed by atoms with Crippen LogP contribution in [0, 0.1) is 12.3 Å². The van der Waals surface area contributed by atoms with Crippen LogP contribution in [0.2, 0.25) is 0 Å². The maximum Gasteiger partial charge on any atom is 0.339 e. The number of terminal acetylenes is 1. The van der Waals surface area contributed by atoms with Crippen LogP contribution in [0.1, 0.15) is 52.6 Å². The third-order valence-corrected chi connectivity index (χ3v) is 6.49. The van der Waals surface area contributed by atoms with E-state index in [-0.39, 0.29) is 45.3 Å². The first-order valence-corrected chi connectivity index (χ1v) is 14.7. The van der Waals surface area contributed by atoms with Crippen molar-refractivity contribution in [2.75, 3.05) is 7.11 Å². The van der Waals surface area contributed by atoms with Gasteiger partial charge in [-0.05, 0) is 84.4 Å². The molecular formula is C39H32O14. The molecule has 0 fully saturated rings. The molecule has 14 nitrogen and oxygen atoms in total. The number of ether oxygens (including phenoxy) is 2. The monoisotopic (exact) mass is 724 g/mol. The van der Waals surface area contributed by atoms with Gasteiger partial charge in [-0.25, -0.2) is 19.2 Å². The van der Waals surface area contributed by atoms with E-state index in [1.54, 1.807) is 18.2 Å². The van der Waals surface area contributed by atoms with Gasteiger partial charge in [0.1, 0.15) is 62.5 Å². The van der Waals surface area contributed by atoms with Crippen molar-refractivity contribution < 1.29 is 69.5 Å². The number of carbonyl (C=O) groups is 4. The molecule has 0 heterocycles. The Balaban J connectivity index is 0.000000248. The third-order valence-electron chi connectivity index (χ3n) is 6.49. The second kappa shape index (κ2) is 19.9. The summed E-state index contributed by atoms with van der Waals surface area (Å²) in [6.07, 6.45) is 6.56. The van der Waals surface area contributed by atoms with Gasteiger partial charge in [-0.15, -0.1) is 6.42 Å². The molecule has 5 aromatic rings. The highest BCUT2D eigenvalue weighted by Gasteiger charge is 2.12. The fourth-order valence-electron chi connectivity index (χ4n) is 3.84. The van der Waals surface area contributed by atoms with E-state index in [1.807, 2.05) is 18.2 Å². The number of hydrogen-bond acceptors (Lipinski definition) is 10. The van der Waals surface area contributed by atoms with Crippen molar-refractivity contribution in [3.63, 3.8) is 0 Å². The van der Waals surface area contributed by atoms with E-state index in [2.05, 4.69) is 12.5 Å². The predicted octanol–water partition coefficient (Wildman–Crippen LogP) is 6.79. The van der Waals surface area contributed by atoms with Crippen LogP contribution in [0.5, 0.6) is 40.2 Å². The number of carboxylic acid groups (broad SMARTS) is 4. The van der Waals surface area contributed by atoms with Gasteiger partial charge in [0.2, 0.25) is 0 Å². The van der Waals surface area contributed by atoms with Crippen molar-refractivity contribution in [3.05, 3.63) is 143 Å². The minimum atomic E-state index is -1.19. The van der Waals surface area contributed by atoms with Crippen molar-refractivity contribution >= 4 is 30.0 Å². The summed E-state index contributed by atoms with van der Waals surface area (Å²) in [5.41, 5.74) is 0.487. The molecule has 0 saturated carbocycles. The third kappa shape index (κ3) is 12.8. The smallest absolute Gasteiger partial charge is 0.339 e. The number of benzene rings is 5. The van der Waals surface area contributed by atoms with Gasteiger partial charge >= 0.3 is 23.9 Å². The lowest BCUT2D eigenvalue weighted by Crippen LogP contribution is -1.97. The molecule has 0 aliphatic heterocycles. The average Bonchev–Trinajstić information content (AvgIpc) is 3.14. The molecule has 0 aromatic heterocycles. The second-order valence-corrected chi connectivity index (χ2v) is 10.1. The van der Waals surface area contributed by atoms with E-state index in [4.69, 9.17) is 51.6 Å². The minimum Gasteiger partial charge on any atom is -0.507 e. The van der Waals surface area contributed by atoms with Gasteiger partial charge in [0, 0.05) is 5.56 Å². The summed E-state index contributed by atoms with van der Waals surface area (Å²) in [4.78, 5) is 42.2. The highest BCUT2D eigenvalue weighted by Crippen LogP contribution is 2.27. The van der Waals surface area contributed by atoms with Crippen LogP contribution >= 0.6 is 0 Å². The predicted molar refractivity (Wildman–Crippen MR) is 191 cm³/mol. The van der Waals surface area contributed by atoms with Crippen molar-refractivity contribution in [2.24, 2.45) is 0 Å². The van der Waals surface area contributed by atoms with Crippen molar-refractivity contribution in [2.45, 2.75) is 0 Å². The summed E-state index contributed by atoms with van der Waals surface area (Å²) in [6, 6.07) is 25.4. The van der Waals surface area contributed by atoms with Gasteiger partial charge in [0.15, 0.2) is 0 Å². The number of aromatic hydroxyl groups is 4. The number of aromatic carboxylic acids is 4. The van der Waals surface area contributed by atoms with Gasteiger partial charge in [-0.2, -0.15) is 0 Å². The summed E-state index contributed by atoms with van der Waals surface area (Å²) >= 11 is 0. The Bertz CT molecular complexity index is 2130. The maximum atomic E-state index is 10.8. The van der Waals surface area contributed by atoms with Gasteiger partial charge in [-0.1, -0.05) is 42.8 Å². The Morgan fingerprint density at radius 1 is 0.566 bits per heavy atom. The molecule has 272 valence electrons. The van der Waals surface area contributed by atoms with E-state index in [0.717, 1.165) is 0 Å². The Morgan fingerprint density at radius 2 is 0.981 bits per heavy atom. The zero-order valence-electron chi connectivity index (χ0n) is 27.7. The zero-order valence-corrected chi connectivity index (χ0v) is 27.7. The highest BCUT2D eigenvalue weighted by atomic mass is 16.5. The normalized spacial score (nSPS) is 9.43. The molecule has 53 heavy (non-hydrogen) atoms. The number of phenols is 4. The fraction of sp³-hybridized carbons (Fsp3) is 0.0256. The summed E-state index contributed by atoms with van der Waals surface area (Å²) in [5.74, 6) is -2.09. The number of carboxylic acids is 4. The molecule has 5 rings (SSSR count). The first-order chi connectivity index (χ1) is 25.1. The number of para-hydroxylation sites is 1. The SMILES string of the molecule is C#Cc1ccc(O)c(C(=O)O)c1.C=Cc1ccc(O)c(C(=O)O)c1.COc1ccc(O)c(C(=O)O)c1.O=C(O)c1cc(Oc2ccccc2)ccc1O. The van der Waals surface area contributed by atoms with E-state index in [1.165, 1.54) is 79.9 Å². The zero-order chi connectivity index (χ0) is 39.7. The molecule has 0 amide bonds. The summed E-state index contributed by atoms with van der Waals surface area (Å²) in [6.45, 7) is 3.49. The number of methoxy groups -OCH3 is 1. The van der Waals surface area contributed by atoms with Crippen LogP contribution in [0.15, 0.2) is 110 Å². The average molecular weight is 725 g/mol. The van der Waals surface area contributed by atoms with E-state index < -0.39 is 23.9 Å². The Morgan fingerprint density at radius 3 is 1.43 bits per heavy atom. The fourth-order valence-corrected chi connectivity index (χ4v) is 3.84. The van der Waals surface area contributed by atoms with Crippen molar-refractivity contribution in [1.29, 1.82) is 0 Å². The molecule has 0 spiro atoms. The number of rotatable bonds is 8. The van der Waals surface area contributed by atoms with Gasteiger partial charge in [-0.3, -0.25) is 0 Å². The Labute approximate surface area is 301 Å². The highest BCUT2D eigenvalue weighted by molar-refractivity contribution is 5.93. The minimum absolute atomic E-state index is 0.104. The molecule has 14 heteroatoms. The van der Waals surface area contributed by atoms with Crippen LogP contribution < -0.4 is 9.47 Å². The molecule has 0 unspecified atom stereocenters. The lowest BCUT2D eigenvalue weighted by molar-refractivity contribution is 0.0682. The quantitative estimate of drug-likeness (QED) is 0.0768. The molecule has 0 atom stereocenters. The van der Waals surface area contributed by atoms with Crippen molar-refractivity contribution in [3.8, 4) is 52.6 Å². The molecule has 0 aliphatic carbocycles. The summed E-state index contributed by atoms with van der Waals surface area (Å²) < 4.78 is 10.2. The van der Waals surface area contributed by atoms with Crippen LogP contribution in [0.25, 0.3) is 6.08 Å². The lowest BCUT2D eigenvalue weighted by Gasteiger charge is -2.07. The van der Waals surface area contributed by atoms with E-state index >= 15 is 0 Å². The van der Waals surface area contributed by atoms with Gasteiger partial charge in [0.25, 0.3) is 0 Å². The van der Waals surface area contributed by atoms with Crippen LogP contribution in [0.3, 0.4) is 0 Å². The van der Waals surface area contributed by atoms with Gasteiger partial charge < -0.3 is 50.3 Å². The van der Waals surface area contributed by atoms with Crippen LogP contribution in [0.4, 0.5) is 0 Å². The first kappa shape index (κ1) is 41.3. The number of hydrogen-bond donors (Lipinski definition) is 8. The van der Waals surface area contributed by atoms with E-state index in [0.29, 0.717) is 28.4 Å². The maximum absolute atomic E-state index is 10.8. The topological polar surface area (TPSA) is 249 Å². The molecule has 0 radical (unpaired) electrons. The van der Waals surface area contributed by atoms with E-state index in [9.17, 15) is 24.3 Å². The van der Waals surface area contributed by atoms with Crippen molar-refractivity contribution in [1.82, 2.24) is 0 Å². The molecule has 0 aliphatic rings. The summed E-state index contributed by atoms with van der Waals surface area (Å²) in [7, 11) is 1.43. The Kier molecular flexibility index (Phi) is 15.5. The van der Waals surface area contributed by atoms with Crippen LogP contribution in [-0.4, -0.2) is 71.8 Å². The Hall–Kier alpha value is -7.92. The molecule has 0 bridgehead atoms. The lowest BCUT2D eigenvalue weighted by atomic mass is 10.1. The molecule has 5 aromatic carbocycles. The first-order valence-electron chi connectivity index (χ1n) is 14.7. The summed E-state index contributed by atoms with van der Waals surface area (Å²) in [5, 5.41) is 71.1. The molecular weight excluding hydrogens is 692 g/mol. The molecule has 8 N–H and O–H groups in total. The standard InChI is InChI=1S/C13H10O4.C9H8O3.C9H6O3.C8H8O4/c14-12-7-6-10(8-11(12)13(15)16)17-9-4-2-1-3-5-9;2*1-2-6-3-4-8(10)7(5-6)9(11)12;1-12-5-2-3-7(9)6(4-5)8(10)11/h1-8,14H,(H,15,16);2-5,10H,1H2,(H,11,12);1,3-5,10H,(H,11,12);2-4,9H,1H3,(H,10,11). The van der Waals surface area contributed by atoms with Crippen LogP contribution in [-0.2, 0) is 0 Å². The van der Waals surface area contributed by atoms with Gasteiger partial charge in [0.05, 0.1) is 7.11 Å². The molecule has 0 saturated heterocycles. The largest absolute Gasteiger partial charge is 0.507 e. The second-order valence-electron chi connectivity index (χ2n) is 10.1.